The standard InChI is InChI=1S/C18H21NO12S/c1-8-10(30-15(22)28-8)6-26-14(21)19-12(13(20)25-5)18(3,4)32-17(24)27-7-11-9(2)29-16(23)31-11/h12H,6-7H2,1-5H3,(H,19,21)/t12-/m0/s1. The van der Waals surface area contributed by atoms with Gasteiger partial charge in [-0.1, -0.05) is 0 Å². The van der Waals surface area contributed by atoms with E-state index in [1.54, 1.807) is 0 Å². The fourth-order valence-corrected chi connectivity index (χ4v) is 3.19. The molecule has 1 N–H and O–H groups in total. The molecule has 0 saturated carbocycles. The van der Waals surface area contributed by atoms with Gasteiger partial charge in [0.15, 0.2) is 36.3 Å². The summed E-state index contributed by atoms with van der Waals surface area (Å²) in [6.45, 7) is 5.09. The Kier molecular flexibility index (Phi) is 7.97. The van der Waals surface area contributed by atoms with Crippen molar-refractivity contribution < 1.29 is 46.3 Å². The minimum Gasteiger partial charge on any atom is -0.467 e. The summed E-state index contributed by atoms with van der Waals surface area (Å²) in [5.74, 6) is -2.40. The lowest BCUT2D eigenvalue weighted by molar-refractivity contribution is -0.143. The first-order chi connectivity index (χ1) is 14.9. The van der Waals surface area contributed by atoms with Crippen LogP contribution in [-0.4, -0.2) is 35.3 Å². The second-order valence-electron chi connectivity index (χ2n) is 6.79. The van der Waals surface area contributed by atoms with Crippen molar-refractivity contribution in [1.82, 2.24) is 5.32 Å². The molecule has 176 valence electrons. The van der Waals surface area contributed by atoms with Crippen molar-refractivity contribution in [2.24, 2.45) is 0 Å². The maximum Gasteiger partial charge on any atom is 0.519 e. The van der Waals surface area contributed by atoms with E-state index >= 15 is 0 Å². The summed E-state index contributed by atoms with van der Waals surface area (Å²) in [6.07, 6.45) is -1.04. The van der Waals surface area contributed by atoms with Crippen molar-refractivity contribution in [3.05, 3.63) is 44.3 Å². The van der Waals surface area contributed by atoms with E-state index in [-0.39, 0.29) is 29.6 Å². The van der Waals surface area contributed by atoms with Crippen LogP contribution in [0.5, 0.6) is 0 Å². The van der Waals surface area contributed by atoms with Crippen LogP contribution >= 0.6 is 11.8 Å². The van der Waals surface area contributed by atoms with Crippen LogP contribution in [0.2, 0.25) is 0 Å². The van der Waals surface area contributed by atoms with E-state index in [4.69, 9.17) is 23.0 Å². The predicted octanol–water partition coefficient (Wildman–Crippen LogP) is 2.01. The summed E-state index contributed by atoms with van der Waals surface area (Å²) in [5, 5.41) is 1.49. The number of hydrogen-bond donors (Lipinski definition) is 1. The minimum atomic E-state index is -1.33. The van der Waals surface area contributed by atoms with Gasteiger partial charge in [0.25, 0.3) is 0 Å². The number of aryl methyl sites for hydroxylation is 2. The van der Waals surface area contributed by atoms with E-state index in [2.05, 4.69) is 14.2 Å². The van der Waals surface area contributed by atoms with Crippen LogP contribution < -0.4 is 17.0 Å². The number of carbonyl (C=O) groups is 3. The van der Waals surface area contributed by atoms with Crippen LogP contribution in [0.4, 0.5) is 9.59 Å². The number of alkyl carbamates (subject to hydrolysis) is 1. The number of ether oxygens (including phenoxy) is 3. The van der Waals surface area contributed by atoms with Gasteiger partial charge in [-0.25, -0.2) is 24.0 Å². The highest BCUT2D eigenvalue weighted by Gasteiger charge is 2.41. The molecule has 2 aromatic heterocycles. The fraction of sp³-hybridized carbons (Fsp3) is 0.500. The molecule has 0 aromatic carbocycles. The van der Waals surface area contributed by atoms with E-state index < -0.39 is 46.4 Å². The molecule has 0 bridgehead atoms. The zero-order valence-electron chi connectivity index (χ0n) is 17.8. The van der Waals surface area contributed by atoms with E-state index in [1.807, 2.05) is 0 Å². The number of methoxy groups -OCH3 is 1. The quantitative estimate of drug-likeness (QED) is 0.433. The Morgan fingerprint density at radius 2 is 1.44 bits per heavy atom. The molecule has 2 heterocycles. The molecule has 32 heavy (non-hydrogen) atoms. The van der Waals surface area contributed by atoms with Gasteiger partial charge in [-0.3, -0.25) is 0 Å². The second-order valence-corrected chi connectivity index (χ2v) is 8.38. The molecule has 0 unspecified atom stereocenters. The minimum absolute atomic E-state index is 0.00169. The van der Waals surface area contributed by atoms with Gasteiger partial charge in [-0.2, -0.15) is 0 Å². The summed E-state index contributed by atoms with van der Waals surface area (Å²) in [7, 11) is 1.11. The number of esters is 1. The summed E-state index contributed by atoms with van der Waals surface area (Å²) in [5.41, 5.74) is 0. The molecule has 2 rings (SSSR count). The fourth-order valence-electron chi connectivity index (χ4n) is 2.37. The number of hydrogen-bond acceptors (Lipinski definition) is 13. The van der Waals surface area contributed by atoms with Gasteiger partial charge in [-0.15, -0.1) is 0 Å². The number of rotatable bonds is 8. The van der Waals surface area contributed by atoms with Crippen molar-refractivity contribution in [2.45, 2.75) is 51.7 Å². The molecule has 0 aliphatic heterocycles. The van der Waals surface area contributed by atoms with Crippen LogP contribution in [-0.2, 0) is 32.2 Å². The molecule has 2 aromatic rings. The Balaban J connectivity index is 1.99. The van der Waals surface area contributed by atoms with Crippen molar-refractivity contribution >= 4 is 29.1 Å². The molecule has 0 aliphatic carbocycles. The first-order valence-corrected chi connectivity index (χ1v) is 9.80. The van der Waals surface area contributed by atoms with Gasteiger partial charge in [0, 0.05) is 0 Å². The van der Waals surface area contributed by atoms with Crippen LogP contribution in [0, 0.1) is 13.8 Å². The average Bonchev–Trinajstić information content (AvgIpc) is 3.20. The number of amides is 1. The lowest BCUT2D eigenvalue weighted by atomic mass is 10.0. The molecule has 0 radical (unpaired) electrons. The highest BCUT2D eigenvalue weighted by atomic mass is 32.2. The number of thioether (sulfide) groups is 1. The normalized spacial score (nSPS) is 12.2. The molecular weight excluding hydrogens is 454 g/mol. The summed E-state index contributed by atoms with van der Waals surface area (Å²) in [4.78, 5) is 58.7. The number of nitrogens with one attached hydrogen (secondary N) is 1. The Labute approximate surface area is 184 Å². The van der Waals surface area contributed by atoms with E-state index in [9.17, 15) is 24.0 Å². The molecule has 0 aliphatic rings. The second kappa shape index (κ2) is 10.3. The van der Waals surface area contributed by atoms with E-state index in [1.165, 1.54) is 27.7 Å². The zero-order valence-corrected chi connectivity index (χ0v) is 18.6. The first-order valence-electron chi connectivity index (χ1n) is 8.98. The SMILES string of the molecule is COC(=O)[C@H](NC(=O)OCc1oc(=O)oc1C)C(C)(C)SC(=O)OCc1oc(=O)oc1C. The average molecular weight is 475 g/mol. The van der Waals surface area contributed by atoms with Crippen LogP contribution in [0.1, 0.15) is 36.9 Å². The lowest BCUT2D eigenvalue weighted by Gasteiger charge is -2.30. The highest BCUT2D eigenvalue weighted by molar-refractivity contribution is 8.14. The van der Waals surface area contributed by atoms with Gasteiger partial charge >= 0.3 is 29.0 Å². The molecule has 14 heteroatoms. The smallest absolute Gasteiger partial charge is 0.467 e. The van der Waals surface area contributed by atoms with E-state index in [0.29, 0.717) is 11.8 Å². The Morgan fingerprint density at radius 1 is 0.938 bits per heavy atom. The third kappa shape index (κ3) is 6.54. The number of carbonyl (C=O) groups excluding carboxylic acids is 3. The van der Waals surface area contributed by atoms with Crippen LogP contribution in [0.25, 0.3) is 0 Å². The highest BCUT2D eigenvalue weighted by Crippen LogP contribution is 2.31. The predicted molar refractivity (Wildman–Crippen MR) is 105 cm³/mol. The molecule has 1 amide bonds. The summed E-state index contributed by atoms with van der Waals surface area (Å²) < 4.78 is 32.2. The van der Waals surface area contributed by atoms with Crippen molar-refractivity contribution in [3.8, 4) is 0 Å². The van der Waals surface area contributed by atoms with Crippen LogP contribution in [0.3, 0.4) is 0 Å². The van der Waals surface area contributed by atoms with Gasteiger partial charge in [0.2, 0.25) is 0 Å². The van der Waals surface area contributed by atoms with E-state index in [0.717, 1.165) is 7.11 Å². The third-order valence-corrected chi connectivity index (χ3v) is 5.11. The summed E-state index contributed by atoms with van der Waals surface area (Å²) >= 11 is 0.590. The van der Waals surface area contributed by atoms with Gasteiger partial charge in [0.1, 0.15) is 6.04 Å². The van der Waals surface area contributed by atoms with Crippen molar-refractivity contribution in [1.29, 1.82) is 0 Å². The largest absolute Gasteiger partial charge is 0.519 e. The monoisotopic (exact) mass is 475 g/mol. The molecule has 0 saturated heterocycles. The van der Waals surface area contributed by atoms with Crippen molar-refractivity contribution in [3.63, 3.8) is 0 Å². The van der Waals surface area contributed by atoms with Crippen LogP contribution in [0.15, 0.2) is 27.3 Å². The lowest BCUT2D eigenvalue weighted by Crippen LogP contribution is -2.53. The van der Waals surface area contributed by atoms with Gasteiger partial charge in [-0.05, 0) is 39.5 Å². The molecule has 0 spiro atoms. The van der Waals surface area contributed by atoms with Gasteiger partial charge < -0.3 is 37.2 Å². The topological polar surface area (TPSA) is 178 Å². The molecule has 0 fully saturated rings. The maximum absolute atomic E-state index is 12.2. The third-order valence-electron chi connectivity index (χ3n) is 4.07. The molecule has 13 nitrogen and oxygen atoms in total. The maximum atomic E-state index is 12.2. The molecule has 1 atom stereocenters. The first kappa shape index (κ1) is 24.8. The van der Waals surface area contributed by atoms with Gasteiger partial charge in [0.05, 0.1) is 11.9 Å². The Morgan fingerprint density at radius 3 is 1.88 bits per heavy atom. The molecular formula is C18H21NO12S. The Hall–Kier alpha value is -3.42. The summed E-state index contributed by atoms with van der Waals surface area (Å²) in [6, 6.07) is -1.33. The van der Waals surface area contributed by atoms with Crippen molar-refractivity contribution in [2.75, 3.05) is 7.11 Å². The Bertz CT molecular complexity index is 1090. The zero-order chi connectivity index (χ0) is 24.1.